The molecule has 0 spiro atoms. The SMILES string of the molecule is Cc1ccc(NC(=O)CCNC(=O)OCC(C)C)cc1. The number of anilines is 1. The maximum atomic E-state index is 11.6. The molecule has 0 saturated carbocycles. The quantitative estimate of drug-likeness (QED) is 0.840. The van der Waals surface area contributed by atoms with Crippen LogP contribution in [-0.2, 0) is 9.53 Å². The molecule has 0 fully saturated rings. The Hall–Kier alpha value is -2.04. The third-order valence-corrected chi connectivity index (χ3v) is 2.50. The van der Waals surface area contributed by atoms with E-state index in [0.717, 1.165) is 11.3 Å². The van der Waals surface area contributed by atoms with Gasteiger partial charge in [-0.05, 0) is 25.0 Å². The molecule has 1 aromatic rings. The van der Waals surface area contributed by atoms with Gasteiger partial charge in [-0.1, -0.05) is 31.5 Å². The van der Waals surface area contributed by atoms with Crippen molar-refractivity contribution < 1.29 is 14.3 Å². The Kier molecular flexibility index (Phi) is 6.56. The number of hydrogen-bond donors (Lipinski definition) is 2. The largest absolute Gasteiger partial charge is 0.449 e. The molecule has 0 aliphatic heterocycles. The zero-order valence-corrected chi connectivity index (χ0v) is 12.2. The van der Waals surface area contributed by atoms with E-state index in [4.69, 9.17) is 4.74 Å². The van der Waals surface area contributed by atoms with E-state index >= 15 is 0 Å². The maximum absolute atomic E-state index is 11.6. The summed E-state index contributed by atoms with van der Waals surface area (Å²) in [5, 5.41) is 5.30. The molecular formula is C15H22N2O3. The van der Waals surface area contributed by atoms with E-state index in [1.165, 1.54) is 0 Å². The molecule has 0 bridgehead atoms. The van der Waals surface area contributed by atoms with Crippen LogP contribution in [0.2, 0.25) is 0 Å². The minimum atomic E-state index is -0.484. The van der Waals surface area contributed by atoms with Crippen LogP contribution in [0.15, 0.2) is 24.3 Å². The third-order valence-electron chi connectivity index (χ3n) is 2.50. The van der Waals surface area contributed by atoms with Crippen LogP contribution in [0.25, 0.3) is 0 Å². The lowest BCUT2D eigenvalue weighted by atomic mass is 10.2. The van der Waals surface area contributed by atoms with Crippen molar-refractivity contribution in [3.63, 3.8) is 0 Å². The Morgan fingerprint density at radius 1 is 1.20 bits per heavy atom. The highest BCUT2D eigenvalue weighted by atomic mass is 16.5. The summed E-state index contributed by atoms with van der Waals surface area (Å²) in [6, 6.07) is 7.55. The van der Waals surface area contributed by atoms with E-state index in [0.29, 0.717) is 12.5 Å². The molecule has 110 valence electrons. The van der Waals surface area contributed by atoms with Gasteiger partial charge >= 0.3 is 6.09 Å². The molecule has 2 amide bonds. The van der Waals surface area contributed by atoms with E-state index < -0.39 is 6.09 Å². The minimum Gasteiger partial charge on any atom is -0.449 e. The van der Waals surface area contributed by atoms with E-state index in [-0.39, 0.29) is 18.9 Å². The molecule has 1 aromatic carbocycles. The molecule has 0 atom stereocenters. The van der Waals surface area contributed by atoms with E-state index in [1.807, 2.05) is 45.0 Å². The molecule has 0 aliphatic rings. The van der Waals surface area contributed by atoms with Crippen molar-refractivity contribution in [1.29, 1.82) is 0 Å². The minimum absolute atomic E-state index is 0.141. The van der Waals surface area contributed by atoms with Gasteiger partial charge in [0.05, 0.1) is 6.61 Å². The number of alkyl carbamates (subject to hydrolysis) is 1. The van der Waals surface area contributed by atoms with Crippen LogP contribution in [0.1, 0.15) is 25.8 Å². The van der Waals surface area contributed by atoms with Gasteiger partial charge in [-0.2, -0.15) is 0 Å². The molecule has 0 radical (unpaired) electrons. The van der Waals surface area contributed by atoms with Crippen molar-refractivity contribution in [2.24, 2.45) is 5.92 Å². The number of hydrogen-bond acceptors (Lipinski definition) is 3. The standard InChI is InChI=1S/C15H22N2O3/c1-11(2)10-20-15(19)16-9-8-14(18)17-13-6-4-12(3)5-7-13/h4-7,11H,8-10H2,1-3H3,(H,16,19)(H,17,18). The molecule has 2 N–H and O–H groups in total. The number of carbonyl (C=O) groups excluding carboxylic acids is 2. The van der Waals surface area contributed by atoms with E-state index in [9.17, 15) is 9.59 Å². The third kappa shape index (κ3) is 6.78. The Morgan fingerprint density at radius 3 is 2.45 bits per heavy atom. The van der Waals surface area contributed by atoms with Crippen LogP contribution in [0.5, 0.6) is 0 Å². The first-order valence-electron chi connectivity index (χ1n) is 6.74. The summed E-state index contributed by atoms with van der Waals surface area (Å²) in [7, 11) is 0. The monoisotopic (exact) mass is 278 g/mol. The number of rotatable bonds is 6. The Labute approximate surface area is 119 Å². The smallest absolute Gasteiger partial charge is 0.407 e. The first-order valence-corrected chi connectivity index (χ1v) is 6.74. The number of nitrogens with one attached hydrogen (secondary N) is 2. The number of amides is 2. The van der Waals surface area contributed by atoms with Crippen molar-refractivity contribution in [3.8, 4) is 0 Å². The molecule has 0 saturated heterocycles. The fourth-order valence-corrected chi connectivity index (χ4v) is 1.43. The first kappa shape index (κ1) is 16.0. The van der Waals surface area contributed by atoms with Crippen molar-refractivity contribution in [2.45, 2.75) is 27.2 Å². The lowest BCUT2D eigenvalue weighted by molar-refractivity contribution is -0.116. The van der Waals surface area contributed by atoms with E-state index in [1.54, 1.807) is 0 Å². The molecule has 5 heteroatoms. The van der Waals surface area contributed by atoms with E-state index in [2.05, 4.69) is 10.6 Å². The zero-order valence-electron chi connectivity index (χ0n) is 12.2. The molecule has 0 aromatic heterocycles. The second-order valence-corrected chi connectivity index (χ2v) is 5.08. The Balaban J connectivity index is 2.20. The van der Waals surface area contributed by atoms with Gasteiger partial charge in [0, 0.05) is 18.7 Å². The fourth-order valence-electron chi connectivity index (χ4n) is 1.43. The number of aryl methyl sites for hydroxylation is 1. The summed E-state index contributed by atoms with van der Waals surface area (Å²) in [5.74, 6) is 0.156. The average Bonchev–Trinajstić information content (AvgIpc) is 2.39. The number of carbonyl (C=O) groups is 2. The van der Waals surface area contributed by atoms with Crippen LogP contribution >= 0.6 is 0 Å². The maximum Gasteiger partial charge on any atom is 0.407 e. The average molecular weight is 278 g/mol. The van der Waals surface area contributed by atoms with Gasteiger partial charge in [0.15, 0.2) is 0 Å². The second kappa shape index (κ2) is 8.19. The van der Waals surface area contributed by atoms with Crippen LogP contribution in [0, 0.1) is 12.8 Å². The van der Waals surface area contributed by atoms with Crippen LogP contribution in [0.3, 0.4) is 0 Å². The summed E-state index contributed by atoms with van der Waals surface area (Å²) in [4.78, 5) is 22.9. The van der Waals surface area contributed by atoms with Gasteiger partial charge < -0.3 is 15.4 Å². The highest BCUT2D eigenvalue weighted by Gasteiger charge is 2.06. The van der Waals surface area contributed by atoms with Crippen molar-refractivity contribution in [3.05, 3.63) is 29.8 Å². The predicted molar refractivity (Wildman–Crippen MR) is 78.6 cm³/mol. The van der Waals surface area contributed by atoms with Gasteiger partial charge in [0.1, 0.15) is 0 Å². The summed E-state index contributed by atoms with van der Waals surface area (Å²) >= 11 is 0. The summed E-state index contributed by atoms with van der Waals surface area (Å²) in [5.41, 5.74) is 1.89. The molecule has 0 unspecified atom stereocenters. The molecule has 20 heavy (non-hydrogen) atoms. The van der Waals surface area contributed by atoms with Crippen molar-refractivity contribution >= 4 is 17.7 Å². The van der Waals surface area contributed by atoms with Gasteiger partial charge in [-0.3, -0.25) is 4.79 Å². The summed E-state index contributed by atoms with van der Waals surface area (Å²) in [6.07, 6.45) is -0.271. The number of ether oxygens (including phenoxy) is 1. The van der Waals surface area contributed by atoms with Crippen molar-refractivity contribution in [1.82, 2.24) is 5.32 Å². The fraction of sp³-hybridized carbons (Fsp3) is 0.467. The van der Waals surface area contributed by atoms with Gasteiger partial charge in [0.25, 0.3) is 0 Å². The lowest BCUT2D eigenvalue weighted by Crippen LogP contribution is -2.29. The first-order chi connectivity index (χ1) is 9.47. The molecule has 5 nitrogen and oxygen atoms in total. The molecule has 0 aliphatic carbocycles. The zero-order chi connectivity index (χ0) is 15.0. The van der Waals surface area contributed by atoms with Crippen LogP contribution < -0.4 is 10.6 Å². The molecule has 1 rings (SSSR count). The van der Waals surface area contributed by atoms with Crippen LogP contribution in [0.4, 0.5) is 10.5 Å². The van der Waals surface area contributed by atoms with Crippen molar-refractivity contribution in [2.75, 3.05) is 18.5 Å². The highest BCUT2D eigenvalue weighted by molar-refractivity contribution is 5.91. The van der Waals surface area contributed by atoms with Gasteiger partial charge in [-0.25, -0.2) is 4.79 Å². The summed E-state index contributed by atoms with van der Waals surface area (Å²) in [6.45, 7) is 6.54. The second-order valence-electron chi connectivity index (χ2n) is 5.08. The molecular weight excluding hydrogens is 256 g/mol. The van der Waals surface area contributed by atoms with Gasteiger partial charge in [-0.15, -0.1) is 0 Å². The van der Waals surface area contributed by atoms with Crippen LogP contribution in [-0.4, -0.2) is 25.2 Å². The lowest BCUT2D eigenvalue weighted by Gasteiger charge is -2.09. The highest BCUT2D eigenvalue weighted by Crippen LogP contribution is 2.08. The summed E-state index contributed by atoms with van der Waals surface area (Å²) < 4.78 is 4.93. The topological polar surface area (TPSA) is 67.4 Å². The normalized spacial score (nSPS) is 10.2. The molecule has 0 heterocycles. The van der Waals surface area contributed by atoms with Gasteiger partial charge in [0.2, 0.25) is 5.91 Å². The Morgan fingerprint density at radius 2 is 1.85 bits per heavy atom. The number of benzene rings is 1. The predicted octanol–water partition coefficient (Wildman–Crippen LogP) is 2.71. The Bertz CT molecular complexity index is 441.